The molecule has 0 bridgehead atoms. The number of aromatic nitrogens is 2. The molecule has 2 aromatic heterocycles. The normalized spacial score (nSPS) is 21.5. The second-order valence-corrected chi connectivity index (χ2v) is 7.85. The van der Waals surface area contributed by atoms with E-state index in [1.165, 1.54) is 29.0 Å². The minimum atomic E-state index is 0.456. The number of hydrogen-bond donors (Lipinski definition) is 0. The lowest BCUT2D eigenvalue weighted by atomic mass is 9.95. The van der Waals surface area contributed by atoms with Crippen molar-refractivity contribution in [1.29, 1.82) is 0 Å². The molecule has 1 aliphatic heterocycles. The Labute approximate surface area is 142 Å². The highest BCUT2D eigenvalue weighted by Crippen LogP contribution is 2.32. The van der Waals surface area contributed by atoms with Crippen LogP contribution in [0.1, 0.15) is 41.8 Å². The van der Waals surface area contributed by atoms with Gasteiger partial charge in [-0.15, -0.1) is 11.3 Å². The molecule has 124 valence electrons. The zero-order chi connectivity index (χ0) is 15.6. The zero-order valence-electron chi connectivity index (χ0n) is 13.8. The van der Waals surface area contributed by atoms with Crippen molar-refractivity contribution in [3.63, 3.8) is 0 Å². The smallest absolute Gasteiger partial charge is 0.0801 e. The van der Waals surface area contributed by atoms with Gasteiger partial charge in [0.05, 0.1) is 12.3 Å². The van der Waals surface area contributed by atoms with Gasteiger partial charge in [0.25, 0.3) is 0 Å². The Kier molecular flexibility index (Phi) is 4.51. The van der Waals surface area contributed by atoms with Gasteiger partial charge in [-0.2, -0.15) is 5.10 Å². The van der Waals surface area contributed by atoms with Crippen LogP contribution in [-0.4, -0.2) is 34.4 Å². The predicted molar refractivity (Wildman–Crippen MR) is 92.6 cm³/mol. The molecule has 1 unspecified atom stereocenters. The first-order valence-electron chi connectivity index (χ1n) is 8.70. The van der Waals surface area contributed by atoms with E-state index in [0.29, 0.717) is 5.92 Å². The van der Waals surface area contributed by atoms with Crippen LogP contribution in [0, 0.1) is 5.92 Å². The first-order chi connectivity index (χ1) is 11.3. The van der Waals surface area contributed by atoms with E-state index >= 15 is 0 Å². The maximum atomic E-state index is 6.02. The molecule has 0 saturated heterocycles. The molecule has 3 heterocycles. The van der Waals surface area contributed by atoms with Gasteiger partial charge >= 0.3 is 0 Å². The molecule has 4 nitrogen and oxygen atoms in total. The number of aryl methyl sites for hydroxylation is 1. The predicted octanol–water partition coefficient (Wildman–Crippen LogP) is 3.49. The summed E-state index contributed by atoms with van der Waals surface area (Å²) in [5.74, 6) is 1.29. The maximum absolute atomic E-state index is 6.02. The molecule has 2 aromatic rings. The Balaban J connectivity index is 1.46. The molecule has 0 radical (unpaired) electrons. The van der Waals surface area contributed by atoms with E-state index < -0.39 is 0 Å². The van der Waals surface area contributed by atoms with E-state index in [4.69, 9.17) is 9.84 Å². The third-order valence-corrected chi connectivity index (χ3v) is 5.68. The Morgan fingerprint density at radius 2 is 2.26 bits per heavy atom. The van der Waals surface area contributed by atoms with E-state index in [1.807, 2.05) is 11.3 Å². The molecule has 1 saturated carbocycles. The summed E-state index contributed by atoms with van der Waals surface area (Å²) in [6, 6.07) is 4.36. The van der Waals surface area contributed by atoms with Crippen LogP contribution in [0.25, 0.3) is 0 Å². The number of nitrogens with zero attached hydrogens (tertiary/aromatic N) is 3. The molecule has 1 aliphatic carbocycles. The number of thiophene rings is 1. The summed E-state index contributed by atoms with van der Waals surface area (Å²) in [7, 11) is 0. The highest BCUT2D eigenvalue weighted by atomic mass is 32.1. The van der Waals surface area contributed by atoms with Crippen molar-refractivity contribution in [2.24, 2.45) is 5.92 Å². The van der Waals surface area contributed by atoms with Crippen molar-refractivity contribution in [2.45, 2.75) is 45.3 Å². The summed E-state index contributed by atoms with van der Waals surface area (Å²) in [5, 5.41) is 6.94. The Morgan fingerprint density at radius 1 is 1.35 bits per heavy atom. The van der Waals surface area contributed by atoms with Crippen LogP contribution in [0.5, 0.6) is 0 Å². The van der Waals surface area contributed by atoms with Crippen LogP contribution >= 0.6 is 11.3 Å². The molecule has 0 spiro atoms. The second-order valence-electron chi connectivity index (χ2n) is 6.81. The van der Waals surface area contributed by atoms with Gasteiger partial charge in [0.15, 0.2) is 0 Å². The summed E-state index contributed by atoms with van der Waals surface area (Å²) in [4.78, 5) is 3.95. The summed E-state index contributed by atoms with van der Waals surface area (Å²) < 4.78 is 8.10. The van der Waals surface area contributed by atoms with Crippen molar-refractivity contribution in [3.05, 3.63) is 39.8 Å². The van der Waals surface area contributed by atoms with Gasteiger partial charge < -0.3 is 4.74 Å². The second kappa shape index (κ2) is 6.75. The van der Waals surface area contributed by atoms with Gasteiger partial charge in [-0.3, -0.25) is 9.58 Å². The van der Waals surface area contributed by atoms with Crippen LogP contribution < -0.4 is 0 Å². The fraction of sp³-hybridized carbons (Fsp3) is 0.611. The quantitative estimate of drug-likeness (QED) is 0.778. The molecule has 2 aliphatic rings. The Bertz CT molecular complexity index is 633. The summed E-state index contributed by atoms with van der Waals surface area (Å²) in [5.41, 5.74) is 2.65. The third-order valence-electron chi connectivity index (χ3n) is 4.82. The standard InChI is InChI=1S/C18H25N3OS/c1-2-21-10-17-15(13-22-12-14-5-6-14)8-20(11-18(17)19-21)9-16-4-3-7-23-16/h3-4,7,10,14-15H,2,5-6,8-9,11-13H2,1H3. The Morgan fingerprint density at radius 3 is 3.00 bits per heavy atom. The van der Waals surface area contributed by atoms with Crippen molar-refractivity contribution < 1.29 is 4.74 Å². The molecule has 4 rings (SSSR count). The van der Waals surface area contributed by atoms with Crippen molar-refractivity contribution in [1.82, 2.24) is 14.7 Å². The summed E-state index contributed by atoms with van der Waals surface area (Å²) in [6.45, 7) is 7.92. The molecule has 1 atom stereocenters. The van der Waals surface area contributed by atoms with Gasteiger partial charge in [0, 0.05) is 55.3 Å². The minimum Gasteiger partial charge on any atom is -0.380 e. The fourth-order valence-electron chi connectivity index (χ4n) is 3.34. The SMILES string of the molecule is CCn1cc2c(n1)CN(Cc1cccs1)CC2COCC1CC1. The topological polar surface area (TPSA) is 30.3 Å². The van der Waals surface area contributed by atoms with Gasteiger partial charge in [0.2, 0.25) is 0 Å². The molecule has 5 heteroatoms. The lowest BCUT2D eigenvalue weighted by Gasteiger charge is -2.31. The lowest BCUT2D eigenvalue weighted by Crippen LogP contribution is -2.34. The largest absolute Gasteiger partial charge is 0.380 e. The highest BCUT2D eigenvalue weighted by molar-refractivity contribution is 7.09. The molecule has 23 heavy (non-hydrogen) atoms. The molecular weight excluding hydrogens is 306 g/mol. The van der Waals surface area contributed by atoms with Gasteiger partial charge in [-0.25, -0.2) is 0 Å². The van der Waals surface area contributed by atoms with E-state index in [2.05, 4.69) is 40.2 Å². The highest BCUT2D eigenvalue weighted by Gasteiger charge is 2.29. The van der Waals surface area contributed by atoms with Crippen LogP contribution in [0.4, 0.5) is 0 Å². The molecule has 0 N–H and O–H groups in total. The minimum absolute atomic E-state index is 0.456. The first kappa shape index (κ1) is 15.4. The van der Waals surface area contributed by atoms with Crippen LogP contribution in [0.3, 0.4) is 0 Å². The van der Waals surface area contributed by atoms with E-state index in [-0.39, 0.29) is 0 Å². The van der Waals surface area contributed by atoms with E-state index in [0.717, 1.165) is 45.3 Å². The van der Waals surface area contributed by atoms with Gasteiger partial charge in [0.1, 0.15) is 0 Å². The van der Waals surface area contributed by atoms with Crippen LogP contribution in [0.15, 0.2) is 23.7 Å². The summed E-state index contributed by atoms with van der Waals surface area (Å²) in [6.07, 6.45) is 4.95. The van der Waals surface area contributed by atoms with Crippen molar-refractivity contribution in [3.8, 4) is 0 Å². The first-order valence-corrected chi connectivity index (χ1v) is 9.58. The molecular formula is C18H25N3OS. The average Bonchev–Trinajstić information content (AvgIpc) is 3.06. The van der Waals surface area contributed by atoms with Crippen molar-refractivity contribution in [2.75, 3.05) is 19.8 Å². The molecule has 0 amide bonds. The van der Waals surface area contributed by atoms with Gasteiger partial charge in [-0.1, -0.05) is 6.07 Å². The number of rotatable bonds is 7. The lowest BCUT2D eigenvalue weighted by molar-refractivity contribution is 0.0892. The number of fused-ring (bicyclic) bond motifs is 1. The number of hydrogen-bond acceptors (Lipinski definition) is 4. The summed E-state index contributed by atoms with van der Waals surface area (Å²) >= 11 is 1.84. The van der Waals surface area contributed by atoms with Gasteiger partial charge in [-0.05, 0) is 37.1 Å². The monoisotopic (exact) mass is 331 g/mol. The zero-order valence-corrected chi connectivity index (χ0v) is 14.6. The van der Waals surface area contributed by atoms with E-state index in [9.17, 15) is 0 Å². The van der Waals surface area contributed by atoms with Crippen LogP contribution in [-0.2, 0) is 24.4 Å². The third kappa shape index (κ3) is 3.67. The van der Waals surface area contributed by atoms with Crippen molar-refractivity contribution >= 4 is 11.3 Å². The molecule has 1 fully saturated rings. The maximum Gasteiger partial charge on any atom is 0.0801 e. The van der Waals surface area contributed by atoms with Crippen LogP contribution in [0.2, 0.25) is 0 Å². The van der Waals surface area contributed by atoms with E-state index in [1.54, 1.807) is 0 Å². The fourth-order valence-corrected chi connectivity index (χ4v) is 4.08. The average molecular weight is 331 g/mol. The number of ether oxygens (including phenoxy) is 1. The molecule has 0 aromatic carbocycles. The Hall–Kier alpha value is -1.17.